The molecule has 57 heavy (non-hydrogen) atoms. The maximum Gasteiger partial charge on any atom is 0.306 e. The van der Waals surface area contributed by atoms with Crippen LogP contribution in [0.1, 0.15) is 213 Å². The summed E-state index contributed by atoms with van der Waals surface area (Å²) in [5, 5.41) is 23.6. The van der Waals surface area contributed by atoms with Gasteiger partial charge in [0.25, 0.3) is 0 Å². The van der Waals surface area contributed by atoms with Crippen molar-refractivity contribution in [3.05, 3.63) is 72.9 Å². The van der Waals surface area contributed by atoms with Crippen LogP contribution < -0.4 is 5.32 Å². The third-order valence-electron chi connectivity index (χ3n) is 10.3. The van der Waals surface area contributed by atoms with Crippen LogP contribution in [0.2, 0.25) is 0 Å². The molecule has 0 aliphatic carbocycles. The summed E-state index contributed by atoms with van der Waals surface area (Å²) in [6.07, 6.45) is 55.5. The van der Waals surface area contributed by atoms with Crippen LogP contribution in [0.3, 0.4) is 0 Å². The molecule has 0 spiro atoms. The van der Waals surface area contributed by atoms with Gasteiger partial charge in [0.15, 0.2) is 0 Å². The Kier molecular flexibility index (Phi) is 42.3. The van der Waals surface area contributed by atoms with Crippen molar-refractivity contribution in [3.63, 3.8) is 0 Å². The van der Waals surface area contributed by atoms with E-state index in [9.17, 15) is 19.8 Å². The normalized spacial score (nSPS) is 14.0. The zero-order valence-electron chi connectivity index (χ0n) is 37.2. The summed E-state index contributed by atoms with van der Waals surface area (Å²) in [7, 11) is 0. The lowest BCUT2D eigenvalue weighted by molar-refractivity contribution is -0.150. The van der Waals surface area contributed by atoms with E-state index in [1.54, 1.807) is 0 Å². The molecule has 3 atom stereocenters. The predicted octanol–water partition coefficient (Wildman–Crippen LogP) is 13.8. The topological polar surface area (TPSA) is 95.9 Å². The lowest BCUT2D eigenvalue weighted by Gasteiger charge is -2.24. The van der Waals surface area contributed by atoms with Crippen LogP contribution in [0.5, 0.6) is 0 Å². The van der Waals surface area contributed by atoms with Gasteiger partial charge in [-0.1, -0.05) is 196 Å². The smallest absolute Gasteiger partial charge is 0.306 e. The van der Waals surface area contributed by atoms with Gasteiger partial charge >= 0.3 is 5.97 Å². The first-order chi connectivity index (χ1) is 28.0. The van der Waals surface area contributed by atoms with Crippen LogP contribution in [-0.4, -0.2) is 46.9 Å². The predicted molar refractivity (Wildman–Crippen MR) is 245 cm³/mol. The minimum atomic E-state index is -0.812. The number of allylic oxidation sites excluding steroid dienone is 11. The summed E-state index contributed by atoms with van der Waals surface area (Å²) in [5.74, 6) is -0.592. The molecular weight excluding hydrogens is 707 g/mol. The molecule has 0 saturated carbocycles. The molecule has 0 radical (unpaired) electrons. The van der Waals surface area contributed by atoms with Crippen LogP contribution in [0.15, 0.2) is 72.9 Å². The van der Waals surface area contributed by atoms with Crippen LogP contribution in [0.4, 0.5) is 0 Å². The highest BCUT2D eigenvalue weighted by atomic mass is 16.5. The summed E-state index contributed by atoms with van der Waals surface area (Å²) in [4.78, 5) is 26.0. The van der Waals surface area contributed by atoms with Crippen molar-refractivity contribution < 1.29 is 24.5 Å². The third kappa shape index (κ3) is 39.9. The number of ether oxygens (including phenoxy) is 1. The van der Waals surface area contributed by atoms with Gasteiger partial charge in [-0.05, 0) is 70.6 Å². The van der Waals surface area contributed by atoms with Gasteiger partial charge in [0.1, 0.15) is 6.10 Å². The highest BCUT2D eigenvalue weighted by Crippen LogP contribution is 2.15. The van der Waals surface area contributed by atoms with Crippen LogP contribution in [-0.2, 0) is 14.3 Å². The fourth-order valence-corrected chi connectivity index (χ4v) is 6.68. The first-order valence-corrected chi connectivity index (χ1v) is 23.7. The molecule has 0 aromatic heterocycles. The summed E-state index contributed by atoms with van der Waals surface area (Å²) >= 11 is 0. The molecule has 0 aromatic rings. The number of esters is 1. The quantitative estimate of drug-likeness (QED) is 0.0325. The number of hydrogen-bond donors (Lipinski definition) is 3. The summed E-state index contributed by atoms with van der Waals surface area (Å²) in [5.41, 5.74) is 0. The van der Waals surface area contributed by atoms with Crippen molar-refractivity contribution >= 4 is 11.9 Å². The van der Waals surface area contributed by atoms with Crippen molar-refractivity contribution in [3.8, 4) is 0 Å². The molecular formula is C51H89NO5. The molecule has 6 heteroatoms. The summed E-state index contributed by atoms with van der Waals surface area (Å²) in [6, 6.07) is -0.733. The molecule has 0 saturated heterocycles. The Balaban J connectivity index is 4.76. The van der Waals surface area contributed by atoms with Crippen molar-refractivity contribution in [2.45, 2.75) is 232 Å². The van der Waals surface area contributed by atoms with Gasteiger partial charge in [0, 0.05) is 12.8 Å². The Hall–Kier alpha value is -2.70. The zero-order valence-corrected chi connectivity index (χ0v) is 37.2. The van der Waals surface area contributed by atoms with Gasteiger partial charge in [0.2, 0.25) is 5.91 Å². The van der Waals surface area contributed by atoms with Crippen LogP contribution in [0.25, 0.3) is 0 Å². The molecule has 3 N–H and O–H groups in total. The van der Waals surface area contributed by atoms with Gasteiger partial charge in [-0.3, -0.25) is 9.59 Å². The standard InChI is InChI=1S/C51H89NO5/c1-4-7-10-13-16-19-21-23-25-26-28-31-33-36-39-42-47(57-51(56)44-41-38-35-32-29-27-24-22-20-17-14-11-8-5-2)45-50(55)52-48(46-53)49(54)43-40-37-34-30-18-15-12-9-6-3/h8,11,16-17,19-20,23,25,28,31,36,39,47-49,53-54H,4-7,9-10,12-15,18,21-22,24,26-27,29-30,32-35,37-38,40-46H2,1-3H3,(H,52,55)/b11-8+,19-16-,20-17+,25-23-,31-28-,39-36-. The molecule has 328 valence electrons. The van der Waals surface area contributed by atoms with Crippen molar-refractivity contribution in [1.82, 2.24) is 5.32 Å². The summed E-state index contributed by atoms with van der Waals surface area (Å²) < 4.78 is 5.84. The van der Waals surface area contributed by atoms with Gasteiger partial charge in [-0.25, -0.2) is 0 Å². The fraction of sp³-hybridized carbons (Fsp3) is 0.725. The molecule has 6 nitrogen and oxygen atoms in total. The molecule has 1 amide bonds. The van der Waals surface area contributed by atoms with Crippen LogP contribution >= 0.6 is 0 Å². The summed E-state index contributed by atoms with van der Waals surface area (Å²) in [6.45, 7) is 6.28. The molecule has 0 aliphatic heterocycles. The largest absolute Gasteiger partial charge is 0.461 e. The van der Waals surface area contributed by atoms with Gasteiger partial charge in [-0.2, -0.15) is 0 Å². The van der Waals surface area contributed by atoms with Crippen molar-refractivity contribution in [2.75, 3.05) is 6.61 Å². The van der Waals surface area contributed by atoms with Crippen molar-refractivity contribution in [2.24, 2.45) is 0 Å². The minimum Gasteiger partial charge on any atom is -0.461 e. The molecule has 0 aromatic carbocycles. The molecule has 0 aliphatic rings. The second-order valence-corrected chi connectivity index (χ2v) is 15.8. The zero-order chi connectivity index (χ0) is 41.7. The molecule has 3 unspecified atom stereocenters. The highest BCUT2D eigenvalue weighted by Gasteiger charge is 2.23. The van der Waals surface area contributed by atoms with E-state index in [-0.39, 0.29) is 24.9 Å². The van der Waals surface area contributed by atoms with Crippen LogP contribution in [0, 0.1) is 0 Å². The number of nitrogens with one attached hydrogen (secondary N) is 1. The van der Waals surface area contributed by atoms with E-state index in [2.05, 4.69) is 86.8 Å². The van der Waals surface area contributed by atoms with E-state index >= 15 is 0 Å². The second-order valence-electron chi connectivity index (χ2n) is 15.8. The lowest BCUT2D eigenvalue weighted by Crippen LogP contribution is -2.46. The SMILES string of the molecule is CC/C=C/C/C=C/CCCCCCCCCC(=O)OC(C/C=C\C/C=C\C/C=C\C/C=C\CCCCC)CC(=O)NC(CO)C(O)CCCCCCCCCCC. The number of unbranched alkanes of at least 4 members (excludes halogenated alkanes) is 18. The third-order valence-corrected chi connectivity index (χ3v) is 10.3. The van der Waals surface area contributed by atoms with Gasteiger partial charge in [0.05, 0.1) is 25.2 Å². The number of rotatable bonds is 41. The Bertz CT molecular complexity index is 1070. The Morgan fingerprint density at radius 3 is 1.53 bits per heavy atom. The Morgan fingerprint density at radius 1 is 0.544 bits per heavy atom. The minimum absolute atomic E-state index is 0.00432. The molecule has 0 rings (SSSR count). The number of aliphatic hydroxyl groups excluding tert-OH is 2. The Labute approximate surface area is 351 Å². The first-order valence-electron chi connectivity index (χ1n) is 23.7. The van der Waals surface area contributed by atoms with E-state index < -0.39 is 18.2 Å². The Morgan fingerprint density at radius 2 is 0.982 bits per heavy atom. The number of aliphatic hydroxyl groups is 2. The second kappa shape index (κ2) is 44.4. The number of hydrogen-bond acceptors (Lipinski definition) is 5. The average Bonchev–Trinajstić information content (AvgIpc) is 3.20. The monoisotopic (exact) mass is 796 g/mol. The maximum absolute atomic E-state index is 13.1. The highest BCUT2D eigenvalue weighted by molar-refractivity contribution is 5.77. The molecule has 0 fully saturated rings. The van der Waals surface area contributed by atoms with Gasteiger partial charge in [-0.15, -0.1) is 0 Å². The van der Waals surface area contributed by atoms with E-state index in [4.69, 9.17) is 4.74 Å². The maximum atomic E-state index is 13.1. The average molecular weight is 796 g/mol. The molecule has 0 heterocycles. The fourth-order valence-electron chi connectivity index (χ4n) is 6.68. The number of carbonyl (C=O) groups excluding carboxylic acids is 2. The van der Waals surface area contributed by atoms with Crippen molar-refractivity contribution in [1.29, 1.82) is 0 Å². The number of carbonyl (C=O) groups is 2. The molecule has 0 bridgehead atoms. The first kappa shape index (κ1) is 54.3. The number of amides is 1. The van der Waals surface area contributed by atoms with E-state index in [0.29, 0.717) is 19.3 Å². The van der Waals surface area contributed by atoms with E-state index in [1.807, 2.05) is 12.2 Å². The van der Waals surface area contributed by atoms with E-state index in [1.165, 1.54) is 89.9 Å². The van der Waals surface area contributed by atoms with E-state index in [0.717, 1.165) is 77.0 Å². The lowest BCUT2D eigenvalue weighted by atomic mass is 10.0. The van der Waals surface area contributed by atoms with Gasteiger partial charge < -0.3 is 20.3 Å².